The van der Waals surface area contributed by atoms with Crippen LogP contribution >= 0.6 is 11.8 Å². The quantitative estimate of drug-likeness (QED) is 0.362. The first kappa shape index (κ1) is 19.7. The first-order valence-corrected chi connectivity index (χ1v) is 10.4. The van der Waals surface area contributed by atoms with Gasteiger partial charge in [0.15, 0.2) is 5.16 Å². The monoisotopic (exact) mass is 416 g/mol. The minimum absolute atomic E-state index is 0.120. The first-order valence-electron chi connectivity index (χ1n) is 9.43. The molecule has 1 heterocycles. The van der Waals surface area contributed by atoms with Crippen molar-refractivity contribution in [2.45, 2.75) is 12.1 Å². The molecule has 0 radical (unpaired) electrons. The van der Waals surface area contributed by atoms with Gasteiger partial charge in [0.2, 0.25) is 5.91 Å². The van der Waals surface area contributed by atoms with Crippen LogP contribution in [0, 0.1) is 6.92 Å². The largest absolute Gasteiger partial charge is 0.325 e. The predicted octanol–water partition coefficient (Wildman–Crippen LogP) is 4.31. The molecule has 7 heteroatoms. The minimum Gasteiger partial charge on any atom is -0.325 e. The fourth-order valence-corrected chi connectivity index (χ4v) is 3.67. The smallest absolute Gasteiger partial charge is 0.280 e. The third-order valence-electron chi connectivity index (χ3n) is 4.43. The summed E-state index contributed by atoms with van der Waals surface area (Å²) in [5.41, 5.74) is 6.09. The Labute approximate surface area is 177 Å². The van der Waals surface area contributed by atoms with Gasteiger partial charge in [-0.25, -0.2) is 4.98 Å². The summed E-state index contributed by atoms with van der Waals surface area (Å²) >= 11 is 1.20. The minimum atomic E-state index is -0.217. The molecule has 4 aromatic rings. The second-order valence-electron chi connectivity index (χ2n) is 6.73. The van der Waals surface area contributed by atoms with E-state index in [1.54, 1.807) is 18.2 Å². The number of nitrogens with zero attached hydrogens (tertiary/aromatic N) is 2. The number of hydrogen-bond donors (Lipinski definition) is 2. The van der Waals surface area contributed by atoms with Gasteiger partial charge in [0.05, 0.1) is 22.3 Å². The maximum atomic E-state index is 13.1. The molecule has 150 valence electrons. The van der Waals surface area contributed by atoms with E-state index in [2.05, 4.69) is 15.7 Å². The number of benzene rings is 3. The summed E-state index contributed by atoms with van der Waals surface area (Å²) in [6.45, 7) is 1.99. The summed E-state index contributed by atoms with van der Waals surface area (Å²) in [5, 5.41) is 3.79. The zero-order valence-corrected chi connectivity index (χ0v) is 17.1. The Morgan fingerprint density at radius 1 is 0.933 bits per heavy atom. The second-order valence-corrected chi connectivity index (χ2v) is 7.68. The number of hydrogen-bond acceptors (Lipinski definition) is 5. The number of rotatable bonds is 6. The lowest BCUT2D eigenvalue weighted by atomic mass is 10.2. The van der Waals surface area contributed by atoms with Crippen LogP contribution in [0.15, 0.2) is 88.8 Å². The lowest BCUT2D eigenvalue weighted by Gasteiger charge is -2.15. The molecule has 6 nitrogen and oxygen atoms in total. The lowest BCUT2D eigenvalue weighted by molar-refractivity contribution is -0.113. The number of amides is 1. The van der Waals surface area contributed by atoms with Gasteiger partial charge in [-0.05, 0) is 43.3 Å². The van der Waals surface area contributed by atoms with Crippen molar-refractivity contribution in [2.75, 3.05) is 16.5 Å². The van der Waals surface area contributed by atoms with Crippen LogP contribution in [0.4, 0.5) is 11.4 Å². The van der Waals surface area contributed by atoms with E-state index in [0.717, 1.165) is 16.9 Å². The van der Waals surface area contributed by atoms with Crippen molar-refractivity contribution >= 4 is 39.9 Å². The molecule has 0 saturated carbocycles. The molecule has 0 saturated heterocycles. The number of para-hydroxylation sites is 2. The van der Waals surface area contributed by atoms with E-state index in [0.29, 0.717) is 16.1 Å². The van der Waals surface area contributed by atoms with Crippen LogP contribution in [0.1, 0.15) is 5.56 Å². The van der Waals surface area contributed by atoms with Crippen molar-refractivity contribution in [3.05, 3.63) is 94.8 Å². The zero-order valence-electron chi connectivity index (χ0n) is 16.3. The molecule has 0 aliphatic heterocycles. The van der Waals surface area contributed by atoms with Crippen LogP contribution in [0.5, 0.6) is 0 Å². The van der Waals surface area contributed by atoms with E-state index in [-0.39, 0.29) is 17.2 Å². The maximum Gasteiger partial charge on any atom is 0.280 e. The van der Waals surface area contributed by atoms with Crippen molar-refractivity contribution in [1.29, 1.82) is 0 Å². The van der Waals surface area contributed by atoms with E-state index in [9.17, 15) is 9.59 Å². The topological polar surface area (TPSA) is 76.0 Å². The van der Waals surface area contributed by atoms with Gasteiger partial charge in [-0.1, -0.05) is 59.8 Å². The summed E-state index contributed by atoms with van der Waals surface area (Å²) in [5.74, 6) is -0.0488. The van der Waals surface area contributed by atoms with E-state index in [1.807, 2.05) is 67.6 Å². The molecule has 0 aliphatic carbocycles. The van der Waals surface area contributed by atoms with Crippen molar-refractivity contribution in [1.82, 2.24) is 9.66 Å². The van der Waals surface area contributed by atoms with Crippen molar-refractivity contribution < 1.29 is 4.79 Å². The van der Waals surface area contributed by atoms with Crippen LogP contribution < -0.4 is 16.3 Å². The molecular formula is C23H20N4O2S. The molecule has 0 aliphatic rings. The van der Waals surface area contributed by atoms with E-state index >= 15 is 0 Å². The Morgan fingerprint density at radius 3 is 2.40 bits per heavy atom. The Bertz CT molecular complexity index is 1240. The van der Waals surface area contributed by atoms with Gasteiger partial charge in [-0.2, -0.15) is 4.68 Å². The fourth-order valence-electron chi connectivity index (χ4n) is 2.91. The zero-order chi connectivity index (χ0) is 20.9. The molecule has 0 atom stereocenters. The van der Waals surface area contributed by atoms with Crippen LogP contribution in [-0.4, -0.2) is 21.3 Å². The number of fused-ring (bicyclic) bond motifs is 1. The highest BCUT2D eigenvalue weighted by atomic mass is 32.2. The average Bonchev–Trinajstić information content (AvgIpc) is 2.77. The average molecular weight is 417 g/mol. The third kappa shape index (κ3) is 4.52. The Kier molecular flexibility index (Phi) is 5.81. The number of carbonyl (C=O) groups is 1. The van der Waals surface area contributed by atoms with E-state index < -0.39 is 0 Å². The van der Waals surface area contributed by atoms with Gasteiger partial charge >= 0.3 is 0 Å². The molecule has 0 fully saturated rings. The first-order chi connectivity index (χ1) is 14.6. The fraction of sp³-hybridized carbons (Fsp3) is 0.0870. The van der Waals surface area contributed by atoms with Gasteiger partial charge in [-0.15, -0.1) is 0 Å². The highest BCUT2D eigenvalue weighted by molar-refractivity contribution is 7.99. The van der Waals surface area contributed by atoms with Crippen LogP contribution in [0.2, 0.25) is 0 Å². The predicted molar refractivity (Wildman–Crippen MR) is 122 cm³/mol. The van der Waals surface area contributed by atoms with Crippen LogP contribution in [-0.2, 0) is 4.79 Å². The summed E-state index contributed by atoms with van der Waals surface area (Å²) in [4.78, 5) is 30.1. The third-order valence-corrected chi connectivity index (χ3v) is 5.37. The van der Waals surface area contributed by atoms with Gasteiger partial charge in [0.1, 0.15) is 0 Å². The normalized spacial score (nSPS) is 10.7. The molecular weight excluding hydrogens is 396 g/mol. The van der Waals surface area contributed by atoms with Crippen LogP contribution in [0.25, 0.3) is 10.9 Å². The maximum absolute atomic E-state index is 13.1. The van der Waals surface area contributed by atoms with Gasteiger partial charge in [0, 0.05) is 5.69 Å². The van der Waals surface area contributed by atoms with E-state index in [1.165, 1.54) is 16.4 Å². The molecule has 30 heavy (non-hydrogen) atoms. The highest BCUT2D eigenvalue weighted by Gasteiger charge is 2.14. The van der Waals surface area contributed by atoms with Gasteiger partial charge < -0.3 is 5.32 Å². The summed E-state index contributed by atoms with van der Waals surface area (Å²) in [7, 11) is 0. The Morgan fingerprint density at radius 2 is 1.63 bits per heavy atom. The molecule has 0 bridgehead atoms. The highest BCUT2D eigenvalue weighted by Crippen LogP contribution is 2.19. The number of nitrogens with one attached hydrogen (secondary N) is 2. The molecule has 4 rings (SSSR count). The lowest BCUT2D eigenvalue weighted by Crippen LogP contribution is -2.29. The summed E-state index contributed by atoms with van der Waals surface area (Å²) in [6.07, 6.45) is 0. The van der Waals surface area contributed by atoms with Crippen molar-refractivity contribution in [2.24, 2.45) is 0 Å². The van der Waals surface area contributed by atoms with Gasteiger partial charge in [0.25, 0.3) is 5.56 Å². The molecule has 1 aromatic heterocycles. The van der Waals surface area contributed by atoms with E-state index in [4.69, 9.17) is 0 Å². The Balaban J connectivity index is 1.60. The summed E-state index contributed by atoms with van der Waals surface area (Å²) < 4.78 is 1.39. The number of aryl methyl sites for hydroxylation is 1. The number of thioether (sulfide) groups is 1. The number of anilines is 2. The SMILES string of the molecule is Cc1ccc(NC(=O)CSc2nc3ccccc3c(=O)n2Nc2ccccc2)cc1. The molecule has 0 unspecified atom stereocenters. The molecule has 2 N–H and O–H groups in total. The van der Waals surface area contributed by atoms with Gasteiger partial charge in [-0.3, -0.25) is 15.0 Å². The molecule has 1 amide bonds. The second kappa shape index (κ2) is 8.84. The Hall–Kier alpha value is -3.58. The standard InChI is InChI=1S/C23H20N4O2S/c1-16-11-13-17(14-12-16)24-21(28)15-30-23-25-20-10-6-5-9-19(20)22(29)27(23)26-18-7-3-2-4-8-18/h2-14,26H,15H2,1H3,(H,24,28). The van der Waals surface area contributed by atoms with Crippen molar-refractivity contribution in [3.8, 4) is 0 Å². The summed E-state index contributed by atoms with van der Waals surface area (Å²) in [6, 6.07) is 24.2. The van der Waals surface area contributed by atoms with Crippen LogP contribution in [0.3, 0.4) is 0 Å². The molecule has 0 spiro atoms. The number of carbonyl (C=O) groups excluding carboxylic acids is 1. The van der Waals surface area contributed by atoms with Crippen molar-refractivity contribution in [3.63, 3.8) is 0 Å². The molecule has 3 aromatic carbocycles. The number of aromatic nitrogens is 2.